The van der Waals surface area contributed by atoms with E-state index in [1.165, 1.54) is 25.7 Å². The molecule has 0 aromatic carbocycles. The maximum Gasteiger partial charge on any atom is 0.472 e. The smallest absolute Gasteiger partial charge is 0.472 e. The van der Waals surface area contributed by atoms with Crippen molar-refractivity contribution in [1.82, 2.24) is 0 Å². The zero-order chi connectivity index (χ0) is 39.1. The van der Waals surface area contributed by atoms with Crippen molar-refractivity contribution in [1.29, 1.82) is 0 Å². The van der Waals surface area contributed by atoms with E-state index in [1.807, 2.05) is 0 Å². The fraction of sp³-hybridized carbons (Fsp3) is 0.667. The van der Waals surface area contributed by atoms with E-state index in [0.717, 1.165) is 89.9 Å². The molecule has 3 atom stereocenters. The van der Waals surface area contributed by atoms with Gasteiger partial charge in [-0.1, -0.05) is 125 Å². The van der Waals surface area contributed by atoms with Crippen LogP contribution in [-0.4, -0.2) is 60.5 Å². The van der Waals surface area contributed by atoms with Crippen molar-refractivity contribution in [3.8, 4) is 0 Å². The first-order valence-corrected chi connectivity index (χ1v) is 21.5. The van der Waals surface area contributed by atoms with Crippen LogP contribution in [0.2, 0.25) is 0 Å². The SMILES string of the molecule is CC/C=C\C/C=C\C/C=C\C/C=C\C/C=C\CCCCOCC(COP(=O)(O)OCC(N)C(=O)O)OC(=O)CCCCCCC/C=C\CCCCCC. The second-order valence-electron chi connectivity index (χ2n) is 13.0. The first-order chi connectivity index (χ1) is 25.7. The van der Waals surface area contributed by atoms with Crippen LogP contribution in [0, 0.1) is 0 Å². The van der Waals surface area contributed by atoms with Crippen LogP contribution in [0.5, 0.6) is 0 Å². The molecule has 3 unspecified atom stereocenters. The molecule has 0 aromatic heterocycles. The largest absolute Gasteiger partial charge is 0.480 e. The zero-order valence-electron chi connectivity index (χ0n) is 32.8. The summed E-state index contributed by atoms with van der Waals surface area (Å²) in [6.07, 6.45) is 45.3. The van der Waals surface area contributed by atoms with E-state index in [2.05, 4.69) is 91.3 Å². The number of carbonyl (C=O) groups is 2. The maximum absolute atomic E-state index is 12.6. The Kier molecular flexibility index (Phi) is 35.9. The Bertz CT molecular complexity index is 1120. The van der Waals surface area contributed by atoms with Gasteiger partial charge >= 0.3 is 19.8 Å². The number of carboxylic acid groups (broad SMARTS) is 1. The topological polar surface area (TPSA) is 155 Å². The molecule has 0 heterocycles. The molecule has 0 radical (unpaired) electrons. The first-order valence-electron chi connectivity index (χ1n) is 20.0. The molecule has 0 aliphatic rings. The van der Waals surface area contributed by atoms with E-state index in [4.69, 9.17) is 24.8 Å². The number of unbranched alkanes of at least 4 members (excludes halogenated alkanes) is 11. The number of phosphoric acid groups is 1. The van der Waals surface area contributed by atoms with Gasteiger partial charge in [-0.05, 0) is 83.5 Å². The van der Waals surface area contributed by atoms with Gasteiger partial charge in [-0.15, -0.1) is 0 Å². The quantitative estimate of drug-likeness (QED) is 0.0241. The van der Waals surface area contributed by atoms with Crippen LogP contribution >= 0.6 is 7.82 Å². The monoisotopic (exact) mass is 765 g/mol. The third kappa shape index (κ3) is 37.5. The summed E-state index contributed by atoms with van der Waals surface area (Å²) < 4.78 is 33.2. The Morgan fingerprint density at radius 3 is 1.66 bits per heavy atom. The van der Waals surface area contributed by atoms with Gasteiger partial charge in [-0.3, -0.25) is 18.6 Å². The molecule has 0 saturated carbocycles. The van der Waals surface area contributed by atoms with Crippen LogP contribution in [0.3, 0.4) is 0 Å². The molecule has 0 aliphatic heterocycles. The predicted molar refractivity (Wildman–Crippen MR) is 217 cm³/mol. The third-order valence-corrected chi connectivity index (χ3v) is 8.92. The summed E-state index contributed by atoms with van der Waals surface area (Å²) >= 11 is 0. The van der Waals surface area contributed by atoms with Crippen molar-refractivity contribution >= 4 is 19.8 Å². The molecule has 0 spiro atoms. The predicted octanol–water partition coefficient (Wildman–Crippen LogP) is 10.6. The van der Waals surface area contributed by atoms with E-state index in [0.29, 0.717) is 13.0 Å². The minimum atomic E-state index is -4.63. The number of carbonyl (C=O) groups excluding carboxylic acids is 1. The van der Waals surface area contributed by atoms with Crippen molar-refractivity contribution < 1.29 is 42.7 Å². The van der Waals surface area contributed by atoms with Crippen molar-refractivity contribution in [2.24, 2.45) is 5.73 Å². The van der Waals surface area contributed by atoms with Crippen molar-refractivity contribution in [2.45, 2.75) is 154 Å². The molecule has 53 heavy (non-hydrogen) atoms. The number of phosphoric ester groups is 1. The summed E-state index contributed by atoms with van der Waals surface area (Å²) in [6, 6.07) is -1.48. The Morgan fingerprint density at radius 2 is 1.09 bits per heavy atom. The molecule has 0 rings (SSSR count). The van der Waals surface area contributed by atoms with Gasteiger partial charge in [0.15, 0.2) is 0 Å². The highest BCUT2D eigenvalue weighted by Crippen LogP contribution is 2.43. The van der Waals surface area contributed by atoms with Crippen LogP contribution in [0.15, 0.2) is 72.9 Å². The highest BCUT2D eigenvalue weighted by atomic mass is 31.2. The number of esters is 1. The number of carboxylic acids is 1. The van der Waals surface area contributed by atoms with Gasteiger partial charge < -0.3 is 25.2 Å². The van der Waals surface area contributed by atoms with Gasteiger partial charge in [0.25, 0.3) is 0 Å². The fourth-order valence-corrected chi connectivity index (χ4v) is 5.64. The fourth-order valence-electron chi connectivity index (χ4n) is 4.86. The Hall–Kier alpha value is -2.59. The van der Waals surface area contributed by atoms with Gasteiger partial charge in [-0.2, -0.15) is 0 Å². The Labute approximate surface area is 321 Å². The number of allylic oxidation sites excluding steroid dienone is 12. The van der Waals surface area contributed by atoms with Crippen LogP contribution < -0.4 is 5.73 Å². The maximum atomic E-state index is 12.6. The second kappa shape index (κ2) is 37.7. The summed E-state index contributed by atoms with van der Waals surface area (Å²) in [5, 5.41) is 8.87. The molecule has 0 fully saturated rings. The summed E-state index contributed by atoms with van der Waals surface area (Å²) in [5.41, 5.74) is 5.34. The summed E-state index contributed by atoms with van der Waals surface area (Å²) in [6.45, 7) is 3.60. The van der Waals surface area contributed by atoms with Crippen LogP contribution in [0.4, 0.5) is 0 Å². The molecule has 4 N–H and O–H groups in total. The number of hydrogen-bond acceptors (Lipinski definition) is 8. The summed E-state index contributed by atoms with van der Waals surface area (Å²) in [5.74, 6) is -1.82. The van der Waals surface area contributed by atoms with E-state index < -0.39 is 45.1 Å². The lowest BCUT2D eigenvalue weighted by Gasteiger charge is -2.20. The minimum absolute atomic E-state index is 0.0197. The normalized spacial score (nSPS) is 14.8. The first kappa shape index (κ1) is 50.4. The number of hydrogen-bond donors (Lipinski definition) is 3. The highest BCUT2D eigenvalue weighted by molar-refractivity contribution is 7.47. The standard InChI is InChI=1S/C42H72NO9P/c1-3-5-7-9-11-13-15-17-18-19-20-21-23-25-27-29-31-33-35-49-36-39(37-50-53(47,48)51-38-40(43)42(45)46)52-41(44)34-32-30-28-26-24-22-16-14-12-10-8-6-4-2/h5,7,11,13-14,16-18,20-21,25,27,39-40H,3-4,6,8-10,12,15,19,22-24,26,28-38,43H2,1-2H3,(H,45,46)(H,47,48)/b7-5-,13-11-,16-14-,18-17-,21-20-,27-25-. The average Bonchev–Trinajstić information content (AvgIpc) is 3.13. The molecule has 0 amide bonds. The number of nitrogens with two attached hydrogens (primary N) is 1. The lowest BCUT2D eigenvalue weighted by atomic mass is 10.1. The molecule has 0 aromatic rings. The highest BCUT2D eigenvalue weighted by Gasteiger charge is 2.27. The molecule has 10 nitrogen and oxygen atoms in total. The van der Waals surface area contributed by atoms with Gasteiger partial charge in [0.1, 0.15) is 12.1 Å². The third-order valence-electron chi connectivity index (χ3n) is 7.97. The molecule has 0 saturated heterocycles. The minimum Gasteiger partial charge on any atom is -0.480 e. The van der Waals surface area contributed by atoms with Crippen LogP contribution in [0.1, 0.15) is 142 Å². The molecule has 0 aliphatic carbocycles. The van der Waals surface area contributed by atoms with Crippen LogP contribution in [0.25, 0.3) is 0 Å². The van der Waals surface area contributed by atoms with Gasteiger partial charge in [0, 0.05) is 13.0 Å². The molecule has 304 valence electrons. The summed E-state index contributed by atoms with van der Waals surface area (Å²) in [4.78, 5) is 33.4. The second-order valence-corrected chi connectivity index (χ2v) is 14.5. The van der Waals surface area contributed by atoms with Crippen LogP contribution in [-0.2, 0) is 32.7 Å². The van der Waals surface area contributed by atoms with Crippen molar-refractivity contribution in [3.05, 3.63) is 72.9 Å². The van der Waals surface area contributed by atoms with Gasteiger partial charge in [0.05, 0.1) is 19.8 Å². The van der Waals surface area contributed by atoms with Gasteiger partial charge in [-0.25, -0.2) is 4.57 Å². The van der Waals surface area contributed by atoms with E-state index in [1.54, 1.807) is 0 Å². The Morgan fingerprint density at radius 1 is 0.623 bits per heavy atom. The zero-order valence-corrected chi connectivity index (χ0v) is 33.7. The molecular formula is C42H72NO9P. The lowest BCUT2D eigenvalue weighted by Crippen LogP contribution is -2.34. The number of ether oxygens (including phenoxy) is 2. The number of aliphatic carboxylic acids is 1. The average molecular weight is 766 g/mol. The summed E-state index contributed by atoms with van der Waals surface area (Å²) in [7, 11) is -4.63. The van der Waals surface area contributed by atoms with E-state index in [-0.39, 0.29) is 13.0 Å². The molecule has 11 heteroatoms. The van der Waals surface area contributed by atoms with Crippen molar-refractivity contribution in [2.75, 3.05) is 26.4 Å². The molecular weight excluding hydrogens is 693 g/mol. The van der Waals surface area contributed by atoms with Gasteiger partial charge in [0.2, 0.25) is 0 Å². The Balaban J connectivity index is 4.40. The van der Waals surface area contributed by atoms with E-state index in [9.17, 15) is 19.0 Å². The van der Waals surface area contributed by atoms with Crippen molar-refractivity contribution in [3.63, 3.8) is 0 Å². The molecule has 0 bridgehead atoms. The lowest BCUT2D eigenvalue weighted by molar-refractivity contribution is -0.154. The number of rotatable bonds is 37. The van der Waals surface area contributed by atoms with E-state index >= 15 is 0 Å².